The molecular weight excluding hydrogens is 198 g/mol. The van der Waals surface area contributed by atoms with Crippen LogP contribution in [0, 0.1) is 5.92 Å². The van der Waals surface area contributed by atoms with Gasteiger partial charge in [-0.3, -0.25) is 4.79 Å². The Hall–Kier alpha value is -1.31. The highest BCUT2D eigenvalue weighted by molar-refractivity contribution is 5.79. The molecule has 0 aromatic heterocycles. The average molecular weight is 215 g/mol. The van der Waals surface area contributed by atoms with E-state index >= 15 is 0 Å². The van der Waals surface area contributed by atoms with Gasteiger partial charge in [0.2, 0.25) is 5.91 Å². The summed E-state index contributed by atoms with van der Waals surface area (Å²) in [5.74, 6) is 0.811. The Kier molecular flexibility index (Phi) is 2.43. The molecule has 1 saturated heterocycles. The smallest absolute Gasteiger partial charge is 0.226 e. The third-order valence-electron chi connectivity index (χ3n) is 3.80. The molecule has 2 aliphatic heterocycles. The first-order valence-electron chi connectivity index (χ1n) is 6.24. The van der Waals surface area contributed by atoms with Crippen molar-refractivity contribution in [3.05, 3.63) is 35.6 Å². The number of hydrogen-bond acceptors (Lipinski definition) is 1. The third kappa shape index (κ3) is 1.53. The minimum atomic E-state index is 0.332. The second kappa shape index (κ2) is 3.93. The van der Waals surface area contributed by atoms with Crippen molar-refractivity contribution in [1.29, 1.82) is 0 Å². The van der Waals surface area contributed by atoms with E-state index in [4.69, 9.17) is 0 Å². The van der Waals surface area contributed by atoms with Gasteiger partial charge < -0.3 is 4.90 Å². The molecule has 1 fully saturated rings. The first-order chi connectivity index (χ1) is 7.86. The van der Waals surface area contributed by atoms with Gasteiger partial charge in [-0.1, -0.05) is 24.3 Å². The maximum absolute atomic E-state index is 12.0. The molecule has 0 N–H and O–H groups in total. The molecule has 84 valence electrons. The summed E-state index contributed by atoms with van der Waals surface area (Å²) < 4.78 is 0. The van der Waals surface area contributed by atoms with Gasteiger partial charge in [0.15, 0.2) is 0 Å². The Morgan fingerprint density at radius 3 is 3.06 bits per heavy atom. The number of carbonyl (C=O) groups excluding carboxylic acids is 1. The van der Waals surface area contributed by atoms with Crippen LogP contribution in [-0.4, -0.2) is 17.4 Å². The molecule has 2 heteroatoms. The molecule has 0 bridgehead atoms. The number of allylic oxidation sites excluding steroid dienone is 6. The molecule has 1 atom stereocenters. The molecule has 0 aromatic rings. The molecule has 1 amide bonds. The minimum absolute atomic E-state index is 0.332. The molecule has 16 heavy (non-hydrogen) atoms. The van der Waals surface area contributed by atoms with E-state index in [-0.39, 0.29) is 0 Å². The van der Waals surface area contributed by atoms with Crippen LogP contribution < -0.4 is 0 Å². The summed E-state index contributed by atoms with van der Waals surface area (Å²) in [5.41, 5.74) is 2.70. The van der Waals surface area contributed by atoms with Crippen LogP contribution >= 0.6 is 0 Å². The minimum Gasteiger partial charge on any atom is -0.316 e. The molecule has 3 aliphatic rings. The van der Waals surface area contributed by atoms with Crippen LogP contribution in [0.25, 0.3) is 0 Å². The molecule has 1 aliphatic carbocycles. The topological polar surface area (TPSA) is 20.3 Å². The van der Waals surface area contributed by atoms with Crippen molar-refractivity contribution < 1.29 is 4.79 Å². The summed E-state index contributed by atoms with van der Waals surface area (Å²) in [4.78, 5) is 14.1. The van der Waals surface area contributed by atoms with Crippen LogP contribution in [0.15, 0.2) is 35.6 Å². The van der Waals surface area contributed by atoms with Crippen molar-refractivity contribution in [2.75, 3.05) is 6.54 Å². The molecule has 0 saturated carbocycles. The van der Waals surface area contributed by atoms with Gasteiger partial charge in [-0.15, -0.1) is 0 Å². The normalized spacial score (nSPS) is 28.9. The van der Waals surface area contributed by atoms with Gasteiger partial charge in [0.1, 0.15) is 0 Å². The average Bonchev–Trinajstić information content (AvgIpc) is 2.49. The second-order valence-corrected chi connectivity index (χ2v) is 4.79. The highest BCUT2D eigenvalue weighted by Crippen LogP contribution is 2.35. The van der Waals surface area contributed by atoms with Crippen molar-refractivity contribution in [3.8, 4) is 0 Å². The molecular formula is C14H17NO. The lowest BCUT2D eigenvalue weighted by molar-refractivity contribution is -0.129. The van der Waals surface area contributed by atoms with Crippen LogP contribution in [0.4, 0.5) is 0 Å². The van der Waals surface area contributed by atoms with Crippen molar-refractivity contribution >= 4 is 5.91 Å². The van der Waals surface area contributed by atoms with Crippen molar-refractivity contribution in [2.24, 2.45) is 5.92 Å². The lowest BCUT2D eigenvalue weighted by atomic mass is 9.88. The van der Waals surface area contributed by atoms with Crippen LogP contribution in [0.2, 0.25) is 0 Å². The van der Waals surface area contributed by atoms with Crippen molar-refractivity contribution in [1.82, 2.24) is 4.90 Å². The Bertz CT molecular complexity index is 403. The monoisotopic (exact) mass is 215 g/mol. The predicted molar refractivity (Wildman–Crippen MR) is 63.6 cm³/mol. The zero-order valence-corrected chi connectivity index (χ0v) is 9.48. The van der Waals surface area contributed by atoms with E-state index in [1.54, 1.807) is 0 Å². The van der Waals surface area contributed by atoms with E-state index in [0.717, 1.165) is 25.8 Å². The number of amides is 1. The number of rotatable bonds is 0. The maximum Gasteiger partial charge on any atom is 0.226 e. The first-order valence-corrected chi connectivity index (χ1v) is 6.24. The van der Waals surface area contributed by atoms with Gasteiger partial charge >= 0.3 is 0 Å². The largest absolute Gasteiger partial charge is 0.316 e. The van der Waals surface area contributed by atoms with Gasteiger partial charge in [-0.05, 0) is 31.3 Å². The highest BCUT2D eigenvalue weighted by Gasteiger charge is 2.29. The maximum atomic E-state index is 12.0. The van der Waals surface area contributed by atoms with Gasteiger partial charge in [0.25, 0.3) is 0 Å². The summed E-state index contributed by atoms with van der Waals surface area (Å²) in [7, 11) is 0. The fraction of sp³-hybridized carbons (Fsp3) is 0.500. The van der Waals surface area contributed by atoms with E-state index in [1.165, 1.54) is 17.7 Å². The first kappa shape index (κ1) is 9.88. The lowest BCUT2D eigenvalue weighted by Crippen LogP contribution is -2.33. The summed E-state index contributed by atoms with van der Waals surface area (Å²) in [5, 5.41) is 0. The SMILES string of the molecule is O=C1CCC2C=CC=CC2=C2CCCCN12. The molecule has 3 rings (SSSR count). The third-order valence-corrected chi connectivity index (χ3v) is 3.80. The van der Waals surface area contributed by atoms with E-state index < -0.39 is 0 Å². The summed E-state index contributed by atoms with van der Waals surface area (Å²) in [6.07, 6.45) is 13.8. The second-order valence-electron chi connectivity index (χ2n) is 4.79. The Balaban J connectivity index is 2.05. The molecule has 2 nitrogen and oxygen atoms in total. The lowest BCUT2D eigenvalue weighted by Gasteiger charge is -2.31. The zero-order chi connectivity index (χ0) is 11.0. The number of carbonyl (C=O) groups is 1. The quantitative estimate of drug-likeness (QED) is 0.608. The van der Waals surface area contributed by atoms with E-state index in [0.29, 0.717) is 18.2 Å². The fourth-order valence-electron chi connectivity index (χ4n) is 2.97. The highest BCUT2D eigenvalue weighted by atomic mass is 16.2. The summed E-state index contributed by atoms with van der Waals surface area (Å²) >= 11 is 0. The van der Waals surface area contributed by atoms with Crippen molar-refractivity contribution in [3.63, 3.8) is 0 Å². The number of hydrogen-bond donors (Lipinski definition) is 0. The Morgan fingerprint density at radius 1 is 1.19 bits per heavy atom. The molecule has 1 unspecified atom stereocenters. The molecule has 2 heterocycles. The summed E-state index contributed by atoms with van der Waals surface area (Å²) in [6, 6.07) is 0. The molecule has 0 radical (unpaired) electrons. The van der Waals surface area contributed by atoms with Gasteiger partial charge in [-0.25, -0.2) is 0 Å². The zero-order valence-electron chi connectivity index (χ0n) is 9.48. The van der Waals surface area contributed by atoms with E-state index in [2.05, 4.69) is 24.3 Å². The van der Waals surface area contributed by atoms with Crippen LogP contribution in [-0.2, 0) is 4.79 Å². The predicted octanol–water partition coefficient (Wildman–Crippen LogP) is 2.79. The Morgan fingerprint density at radius 2 is 2.12 bits per heavy atom. The number of nitrogens with zero attached hydrogens (tertiary/aromatic N) is 1. The summed E-state index contributed by atoms with van der Waals surface area (Å²) in [6.45, 7) is 0.932. The fourth-order valence-corrected chi connectivity index (χ4v) is 2.97. The molecule has 0 spiro atoms. The number of piperidine rings is 1. The number of fused-ring (bicyclic) bond motifs is 2. The van der Waals surface area contributed by atoms with E-state index in [9.17, 15) is 4.79 Å². The van der Waals surface area contributed by atoms with E-state index in [1.807, 2.05) is 4.90 Å². The van der Waals surface area contributed by atoms with Crippen LogP contribution in [0.1, 0.15) is 32.1 Å². The van der Waals surface area contributed by atoms with Gasteiger partial charge in [0.05, 0.1) is 0 Å². The van der Waals surface area contributed by atoms with Gasteiger partial charge in [0, 0.05) is 24.6 Å². The van der Waals surface area contributed by atoms with Crippen molar-refractivity contribution in [2.45, 2.75) is 32.1 Å². The molecule has 0 aromatic carbocycles. The van der Waals surface area contributed by atoms with Crippen LogP contribution in [0.3, 0.4) is 0 Å². The Labute approximate surface area is 96.3 Å². The van der Waals surface area contributed by atoms with Crippen LogP contribution in [0.5, 0.6) is 0 Å². The van der Waals surface area contributed by atoms with Gasteiger partial charge in [-0.2, -0.15) is 0 Å². The standard InChI is InChI=1S/C14H17NO/c16-14-9-8-11-5-1-2-6-12(11)13-7-3-4-10-15(13)14/h1-2,5-6,11H,3-4,7-10H2.